The molecule has 3 rings (SSSR count). The molecule has 0 saturated heterocycles. The molecule has 0 heterocycles. The van der Waals surface area contributed by atoms with Gasteiger partial charge in [0.05, 0.1) is 13.0 Å². The van der Waals surface area contributed by atoms with Crippen LogP contribution in [0.25, 0.3) is 0 Å². The van der Waals surface area contributed by atoms with Gasteiger partial charge in [0.2, 0.25) is 5.91 Å². The summed E-state index contributed by atoms with van der Waals surface area (Å²) in [5, 5.41) is 0. The topological polar surface area (TPSA) is 46.6 Å². The molecule has 2 fully saturated rings. The van der Waals surface area contributed by atoms with Gasteiger partial charge in [-0.05, 0) is 31.2 Å². The van der Waals surface area contributed by atoms with Gasteiger partial charge in [0, 0.05) is 24.9 Å². The van der Waals surface area contributed by atoms with E-state index in [1.54, 1.807) is 0 Å². The van der Waals surface area contributed by atoms with Crippen molar-refractivity contribution in [1.82, 2.24) is 4.90 Å². The Morgan fingerprint density at radius 3 is 1.96 bits per heavy atom. The fraction of sp³-hybridized carbons (Fsp3) is 0.667. The van der Waals surface area contributed by atoms with Crippen LogP contribution in [-0.2, 0) is 20.7 Å². The standard InChI is InChI=1S/C24H35NO3/c26-23(16-17-24(27)28-19-18-20-10-4-1-5-11-20)25(21-12-6-2-7-13-21)22-14-8-3-9-15-22/h1,4-5,10-11,21-22H,2-3,6-9,12-19H2. The third kappa shape index (κ3) is 6.35. The van der Waals surface area contributed by atoms with E-state index in [-0.39, 0.29) is 24.7 Å². The number of nitrogens with zero attached hydrogens (tertiary/aromatic N) is 1. The van der Waals surface area contributed by atoms with Crippen molar-refractivity contribution < 1.29 is 14.3 Å². The minimum atomic E-state index is -0.253. The first-order chi connectivity index (χ1) is 13.7. The second kappa shape index (κ2) is 11.2. The van der Waals surface area contributed by atoms with Gasteiger partial charge in [0.15, 0.2) is 0 Å². The van der Waals surface area contributed by atoms with Crippen molar-refractivity contribution in [3.8, 4) is 0 Å². The van der Waals surface area contributed by atoms with Crippen LogP contribution in [0.3, 0.4) is 0 Å². The number of carbonyl (C=O) groups is 2. The zero-order valence-corrected chi connectivity index (χ0v) is 17.1. The van der Waals surface area contributed by atoms with Crippen molar-refractivity contribution in [2.75, 3.05) is 6.61 Å². The van der Waals surface area contributed by atoms with Gasteiger partial charge in [-0.1, -0.05) is 68.9 Å². The average molecular weight is 386 g/mol. The van der Waals surface area contributed by atoms with Gasteiger partial charge < -0.3 is 9.64 Å². The van der Waals surface area contributed by atoms with Gasteiger partial charge in [-0.2, -0.15) is 0 Å². The molecule has 0 aromatic heterocycles. The Bertz CT molecular complexity index is 586. The Morgan fingerprint density at radius 1 is 0.821 bits per heavy atom. The predicted octanol–water partition coefficient (Wildman–Crippen LogP) is 5.05. The molecule has 4 nitrogen and oxygen atoms in total. The Morgan fingerprint density at radius 2 is 1.39 bits per heavy atom. The van der Waals surface area contributed by atoms with E-state index in [2.05, 4.69) is 4.90 Å². The van der Waals surface area contributed by atoms with E-state index in [0.29, 0.717) is 18.7 Å². The highest BCUT2D eigenvalue weighted by atomic mass is 16.5. The lowest BCUT2D eigenvalue weighted by molar-refractivity contribution is -0.147. The second-order valence-corrected chi connectivity index (χ2v) is 8.34. The van der Waals surface area contributed by atoms with Gasteiger partial charge in [-0.3, -0.25) is 9.59 Å². The molecule has 0 atom stereocenters. The molecule has 1 aromatic rings. The van der Waals surface area contributed by atoms with Crippen LogP contribution in [0.2, 0.25) is 0 Å². The third-order valence-electron chi connectivity index (χ3n) is 6.26. The lowest BCUT2D eigenvalue weighted by atomic mass is 9.88. The molecule has 2 aliphatic carbocycles. The van der Waals surface area contributed by atoms with E-state index in [1.807, 2.05) is 30.3 Å². The van der Waals surface area contributed by atoms with Crippen LogP contribution in [-0.4, -0.2) is 35.5 Å². The predicted molar refractivity (Wildman–Crippen MR) is 111 cm³/mol. The Kier molecular flexibility index (Phi) is 8.38. The maximum atomic E-state index is 13.1. The normalized spacial score (nSPS) is 18.6. The van der Waals surface area contributed by atoms with Crippen molar-refractivity contribution in [1.29, 1.82) is 0 Å². The highest BCUT2D eigenvalue weighted by molar-refractivity contribution is 5.81. The molecule has 0 unspecified atom stereocenters. The van der Waals surface area contributed by atoms with Crippen LogP contribution in [0.4, 0.5) is 0 Å². The quantitative estimate of drug-likeness (QED) is 0.589. The summed E-state index contributed by atoms with van der Waals surface area (Å²) < 4.78 is 5.36. The summed E-state index contributed by atoms with van der Waals surface area (Å²) in [7, 11) is 0. The van der Waals surface area contributed by atoms with E-state index in [1.165, 1.54) is 38.5 Å². The largest absolute Gasteiger partial charge is 0.465 e. The van der Waals surface area contributed by atoms with Crippen LogP contribution in [0.5, 0.6) is 0 Å². The number of carbonyl (C=O) groups excluding carboxylic acids is 2. The first-order valence-corrected chi connectivity index (χ1v) is 11.2. The summed E-state index contributed by atoms with van der Waals surface area (Å²) in [6, 6.07) is 10.8. The number of hydrogen-bond donors (Lipinski definition) is 0. The minimum Gasteiger partial charge on any atom is -0.465 e. The maximum absolute atomic E-state index is 13.1. The molecule has 28 heavy (non-hydrogen) atoms. The third-order valence-corrected chi connectivity index (χ3v) is 6.26. The average Bonchev–Trinajstić information content (AvgIpc) is 2.75. The highest BCUT2D eigenvalue weighted by Crippen LogP contribution is 2.30. The van der Waals surface area contributed by atoms with Gasteiger partial charge in [0.25, 0.3) is 0 Å². The van der Waals surface area contributed by atoms with Crippen LogP contribution in [0, 0.1) is 0 Å². The summed E-state index contributed by atoms with van der Waals surface area (Å²) in [6.45, 7) is 0.381. The summed E-state index contributed by atoms with van der Waals surface area (Å²) >= 11 is 0. The Hall–Kier alpha value is -1.84. The zero-order chi connectivity index (χ0) is 19.6. The lowest BCUT2D eigenvalue weighted by Gasteiger charge is -2.42. The van der Waals surface area contributed by atoms with Crippen molar-refractivity contribution in [2.24, 2.45) is 0 Å². The smallest absolute Gasteiger partial charge is 0.306 e. The highest BCUT2D eigenvalue weighted by Gasteiger charge is 2.32. The molecule has 4 heteroatoms. The fourth-order valence-electron chi connectivity index (χ4n) is 4.76. The number of amides is 1. The molecule has 2 saturated carbocycles. The summed E-state index contributed by atoms with van der Waals surface area (Å²) in [6.07, 6.45) is 13.2. The monoisotopic (exact) mass is 385 g/mol. The zero-order valence-electron chi connectivity index (χ0n) is 17.1. The van der Waals surface area contributed by atoms with E-state index in [9.17, 15) is 9.59 Å². The molecule has 2 aliphatic rings. The first kappa shape index (κ1) is 20.9. The van der Waals surface area contributed by atoms with Gasteiger partial charge in [0.1, 0.15) is 0 Å². The molecule has 1 aromatic carbocycles. The molecule has 1 amide bonds. The molecular formula is C24H35NO3. The number of ether oxygens (including phenoxy) is 1. The minimum absolute atomic E-state index is 0.166. The number of rotatable bonds is 8. The lowest BCUT2D eigenvalue weighted by Crippen LogP contribution is -2.48. The first-order valence-electron chi connectivity index (χ1n) is 11.2. The van der Waals surface area contributed by atoms with E-state index < -0.39 is 0 Å². The SMILES string of the molecule is O=C(CCC(=O)N(C1CCCCC1)C1CCCCC1)OCCc1ccccc1. The van der Waals surface area contributed by atoms with Crippen molar-refractivity contribution >= 4 is 11.9 Å². The molecule has 0 N–H and O–H groups in total. The molecule has 0 radical (unpaired) electrons. The summed E-state index contributed by atoms with van der Waals surface area (Å²) in [4.78, 5) is 27.4. The van der Waals surface area contributed by atoms with E-state index in [0.717, 1.165) is 37.7 Å². The van der Waals surface area contributed by atoms with Gasteiger partial charge in [-0.15, -0.1) is 0 Å². The van der Waals surface area contributed by atoms with Gasteiger partial charge in [-0.25, -0.2) is 0 Å². The van der Waals surface area contributed by atoms with E-state index in [4.69, 9.17) is 4.74 Å². The Balaban J connectivity index is 1.46. The number of hydrogen-bond acceptors (Lipinski definition) is 3. The summed E-state index contributed by atoms with van der Waals surface area (Å²) in [5.41, 5.74) is 1.16. The maximum Gasteiger partial charge on any atom is 0.306 e. The van der Waals surface area contributed by atoms with Crippen molar-refractivity contribution in [3.05, 3.63) is 35.9 Å². The summed E-state index contributed by atoms with van der Waals surface area (Å²) in [5.74, 6) is -0.0877. The molecular weight excluding hydrogens is 350 g/mol. The molecule has 0 aliphatic heterocycles. The molecule has 0 bridgehead atoms. The van der Waals surface area contributed by atoms with Crippen LogP contribution in [0.1, 0.15) is 82.6 Å². The molecule has 154 valence electrons. The number of esters is 1. The van der Waals surface area contributed by atoms with Crippen LogP contribution >= 0.6 is 0 Å². The van der Waals surface area contributed by atoms with Crippen LogP contribution < -0.4 is 0 Å². The van der Waals surface area contributed by atoms with Crippen molar-refractivity contribution in [2.45, 2.75) is 95.6 Å². The van der Waals surface area contributed by atoms with Gasteiger partial charge >= 0.3 is 5.97 Å². The van der Waals surface area contributed by atoms with Crippen LogP contribution in [0.15, 0.2) is 30.3 Å². The van der Waals surface area contributed by atoms with Crippen molar-refractivity contribution in [3.63, 3.8) is 0 Å². The Labute approximate surface area is 169 Å². The fourth-order valence-corrected chi connectivity index (χ4v) is 4.76. The van der Waals surface area contributed by atoms with E-state index >= 15 is 0 Å². The number of benzene rings is 1. The molecule has 0 spiro atoms. The second-order valence-electron chi connectivity index (χ2n) is 8.34.